The number of aliphatic hydroxyl groups is 1. The van der Waals surface area contributed by atoms with Crippen LogP contribution >= 0.6 is 0 Å². The molecular formula is C23H22FNO5. The van der Waals surface area contributed by atoms with Gasteiger partial charge < -0.3 is 19.5 Å². The van der Waals surface area contributed by atoms with Gasteiger partial charge >= 0.3 is 0 Å². The Bertz CT molecular complexity index is 978. The summed E-state index contributed by atoms with van der Waals surface area (Å²) in [6, 6.07) is 11.4. The molecule has 6 nitrogen and oxygen atoms in total. The van der Waals surface area contributed by atoms with E-state index in [-0.39, 0.29) is 29.5 Å². The number of nitrogens with zero attached hydrogens (tertiary/aromatic N) is 1. The number of hydrogen-bond acceptors (Lipinski definition) is 5. The van der Waals surface area contributed by atoms with Gasteiger partial charge in [-0.25, -0.2) is 4.39 Å². The van der Waals surface area contributed by atoms with Gasteiger partial charge in [-0.1, -0.05) is 12.1 Å². The maximum atomic E-state index is 13.3. The molecule has 2 heterocycles. The number of benzene rings is 2. The molecule has 0 radical (unpaired) electrons. The summed E-state index contributed by atoms with van der Waals surface area (Å²) < 4.78 is 24.2. The molecule has 2 fully saturated rings. The first-order valence-electron chi connectivity index (χ1n) is 9.79. The minimum atomic E-state index is -0.773. The summed E-state index contributed by atoms with van der Waals surface area (Å²) >= 11 is 0. The van der Waals surface area contributed by atoms with E-state index in [0.717, 1.165) is 12.8 Å². The minimum absolute atomic E-state index is 0.0187. The smallest absolute Gasteiger partial charge is 0.295 e. The molecule has 0 unspecified atom stereocenters. The Labute approximate surface area is 173 Å². The van der Waals surface area contributed by atoms with Crippen LogP contribution in [0.4, 0.5) is 4.39 Å². The zero-order valence-electron chi connectivity index (χ0n) is 16.5. The number of halogens is 1. The van der Waals surface area contributed by atoms with E-state index in [9.17, 15) is 19.1 Å². The van der Waals surface area contributed by atoms with E-state index < -0.39 is 23.5 Å². The number of amides is 1. The first-order valence-corrected chi connectivity index (χ1v) is 9.79. The Morgan fingerprint density at radius 3 is 2.47 bits per heavy atom. The molecule has 2 atom stereocenters. The molecule has 2 saturated heterocycles. The van der Waals surface area contributed by atoms with Crippen molar-refractivity contribution >= 4 is 17.4 Å². The zero-order chi connectivity index (χ0) is 21.3. The zero-order valence-corrected chi connectivity index (χ0v) is 16.5. The number of rotatable bonds is 5. The van der Waals surface area contributed by atoms with Gasteiger partial charge in [0, 0.05) is 18.7 Å². The van der Waals surface area contributed by atoms with Crippen LogP contribution < -0.4 is 4.74 Å². The van der Waals surface area contributed by atoms with Crippen molar-refractivity contribution in [1.82, 2.24) is 4.90 Å². The highest BCUT2D eigenvalue weighted by Gasteiger charge is 2.47. The van der Waals surface area contributed by atoms with Gasteiger partial charge in [0.2, 0.25) is 0 Å². The van der Waals surface area contributed by atoms with Gasteiger partial charge in [-0.3, -0.25) is 9.59 Å². The summed E-state index contributed by atoms with van der Waals surface area (Å²) in [5, 5.41) is 10.9. The lowest BCUT2D eigenvalue weighted by atomic mass is 9.95. The van der Waals surface area contributed by atoms with E-state index in [1.165, 1.54) is 29.2 Å². The molecule has 1 N–H and O–H groups in total. The largest absolute Gasteiger partial charge is 0.507 e. The number of carbonyl (C=O) groups is 2. The maximum Gasteiger partial charge on any atom is 0.295 e. The second kappa shape index (κ2) is 8.28. The maximum absolute atomic E-state index is 13.3. The number of ether oxygens (including phenoxy) is 2. The third-order valence-corrected chi connectivity index (χ3v) is 5.51. The molecule has 0 aromatic heterocycles. The van der Waals surface area contributed by atoms with Crippen molar-refractivity contribution in [3.05, 3.63) is 71.0 Å². The van der Waals surface area contributed by atoms with Crippen molar-refractivity contribution in [3.8, 4) is 5.75 Å². The highest BCUT2D eigenvalue weighted by molar-refractivity contribution is 6.46. The second-order valence-corrected chi connectivity index (χ2v) is 7.37. The van der Waals surface area contributed by atoms with Crippen molar-refractivity contribution < 1.29 is 28.6 Å². The highest BCUT2D eigenvalue weighted by Crippen LogP contribution is 2.40. The number of Topliss-reactive ketones (excluding diaryl/α,β-unsaturated/α-hetero) is 1. The molecule has 2 aliphatic rings. The second-order valence-electron chi connectivity index (χ2n) is 7.37. The Balaban J connectivity index is 1.80. The highest BCUT2D eigenvalue weighted by atomic mass is 19.1. The normalized spacial score (nSPS) is 23.2. The summed E-state index contributed by atoms with van der Waals surface area (Å²) in [4.78, 5) is 27.3. The molecule has 2 aromatic carbocycles. The van der Waals surface area contributed by atoms with Crippen molar-refractivity contribution in [3.63, 3.8) is 0 Å². The van der Waals surface area contributed by atoms with E-state index in [4.69, 9.17) is 9.47 Å². The van der Waals surface area contributed by atoms with E-state index in [1.54, 1.807) is 31.4 Å². The van der Waals surface area contributed by atoms with Crippen LogP contribution in [0.5, 0.6) is 5.75 Å². The molecular weight excluding hydrogens is 389 g/mol. The standard InChI is InChI=1S/C23H22FNO5/c1-29-17-10-6-14(7-11-17)20-19(21(26)15-4-8-16(24)9-5-15)22(27)23(28)25(20)13-18-3-2-12-30-18/h4-11,18,20,26H,2-3,12-13H2,1H3/t18-,20+/m1/s1. The third-order valence-electron chi connectivity index (χ3n) is 5.51. The summed E-state index contributed by atoms with van der Waals surface area (Å²) in [5.74, 6) is -1.61. The SMILES string of the molecule is COc1ccc([C@H]2C(=C(O)c3ccc(F)cc3)C(=O)C(=O)N2C[C@H]2CCCO2)cc1. The fourth-order valence-corrected chi connectivity index (χ4v) is 3.97. The quantitative estimate of drug-likeness (QED) is 0.463. The van der Waals surface area contributed by atoms with Crippen molar-refractivity contribution in [2.75, 3.05) is 20.3 Å². The van der Waals surface area contributed by atoms with Crippen molar-refractivity contribution in [2.24, 2.45) is 0 Å². The van der Waals surface area contributed by atoms with Gasteiger partial charge in [-0.2, -0.15) is 0 Å². The van der Waals surface area contributed by atoms with E-state index in [0.29, 0.717) is 17.9 Å². The number of likely N-dealkylation sites (tertiary alicyclic amines) is 1. The van der Waals surface area contributed by atoms with Crippen LogP contribution in [0.1, 0.15) is 30.0 Å². The molecule has 0 aliphatic carbocycles. The van der Waals surface area contributed by atoms with Crippen LogP contribution in [0.15, 0.2) is 54.1 Å². The predicted octanol–water partition coefficient (Wildman–Crippen LogP) is 3.44. The van der Waals surface area contributed by atoms with Gasteiger partial charge in [0.1, 0.15) is 17.3 Å². The Morgan fingerprint density at radius 2 is 1.87 bits per heavy atom. The summed E-state index contributed by atoms with van der Waals surface area (Å²) in [6.45, 7) is 0.874. The molecule has 30 heavy (non-hydrogen) atoms. The van der Waals surface area contributed by atoms with E-state index in [2.05, 4.69) is 0 Å². The van der Waals surface area contributed by atoms with Crippen LogP contribution in [0.2, 0.25) is 0 Å². The fourth-order valence-electron chi connectivity index (χ4n) is 3.97. The van der Waals surface area contributed by atoms with Crippen molar-refractivity contribution in [2.45, 2.75) is 25.0 Å². The molecule has 2 aliphatic heterocycles. The van der Waals surface area contributed by atoms with Crippen LogP contribution in [-0.4, -0.2) is 48.1 Å². The number of methoxy groups -OCH3 is 1. The fraction of sp³-hybridized carbons (Fsp3) is 0.304. The van der Waals surface area contributed by atoms with Crippen LogP contribution in [-0.2, 0) is 14.3 Å². The van der Waals surface area contributed by atoms with E-state index >= 15 is 0 Å². The topological polar surface area (TPSA) is 76.1 Å². The van der Waals surface area contributed by atoms with Crippen LogP contribution in [0, 0.1) is 5.82 Å². The van der Waals surface area contributed by atoms with Crippen molar-refractivity contribution in [1.29, 1.82) is 0 Å². The molecule has 1 amide bonds. The Kier molecular flexibility index (Phi) is 5.55. The first-order chi connectivity index (χ1) is 14.5. The molecule has 0 bridgehead atoms. The molecule has 7 heteroatoms. The average molecular weight is 411 g/mol. The lowest BCUT2D eigenvalue weighted by Gasteiger charge is -2.27. The minimum Gasteiger partial charge on any atom is -0.507 e. The van der Waals surface area contributed by atoms with Crippen LogP contribution in [0.25, 0.3) is 5.76 Å². The van der Waals surface area contributed by atoms with Gasteiger partial charge in [-0.05, 0) is 54.8 Å². The number of aliphatic hydroxyl groups excluding tert-OH is 1. The lowest BCUT2D eigenvalue weighted by Crippen LogP contribution is -2.36. The molecule has 4 rings (SSSR count). The number of carbonyl (C=O) groups excluding carboxylic acids is 2. The summed E-state index contributed by atoms with van der Waals surface area (Å²) in [6.07, 6.45) is 1.54. The Morgan fingerprint density at radius 1 is 1.17 bits per heavy atom. The van der Waals surface area contributed by atoms with Gasteiger partial charge in [0.05, 0.1) is 24.8 Å². The van der Waals surface area contributed by atoms with Gasteiger partial charge in [-0.15, -0.1) is 0 Å². The lowest BCUT2D eigenvalue weighted by molar-refractivity contribution is -0.140. The Hall–Kier alpha value is -3.19. The average Bonchev–Trinajstić information content (AvgIpc) is 3.36. The summed E-state index contributed by atoms with van der Waals surface area (Å²) in [5.41, 5.74) is 0.913. The monoisotopic (exact) mass is 411 g/mol. The molecule has 156 valence electrons. The molecule has 0 spiro atoms. The van der Waals surface area contributed by atoms with E-state index in [1.807, 2.05) is 0 Å². The first kappa shape index (κ1) is 20.1. The van der Waals surface area contributed by atoms with Crippen LogP contribution in [0.3, 0.4) is 0 Å². The third kappa shape index (κ3) is 3.68. The number of hydrogen-bond donors (Lipinski definition) is 1. The predicted molar refractivity (Wildman–Crippen MR) is 107 cm³/mol. The summed E-state index contributed by atoms with van der Waals surface area (Å²) in [7, 11) is 1.55. The van der Waals surface area contributed by atoms with Gasteiger partial charge in [0.25, 0.3) is 11.7 Å². The molecule has 2 aromatic rings. The van der Waals surface area contributed by atoms with Gasteiger partial charge in [0.15, 0.2) is 0 Å². The number of ketones is 1. The molecule has 0 saturated carbocycles.